The molecule has 0 aromatic heterocycles. The fourth-order valence-electron chi connectivity index (χ4n) is 1.65. The normalized spacial score (nSPS) is 23.8. The molecule has 1 aliphatic heterocycles. The maximum Gasteiger partial charge on any atom is 0.424 e. The van der Waals surface area contributed by atoms with Crippen LogP contribution in [0.2, 0.25) is 0 Å². The van der Waals surface area contributed by atoms with Gasteiger partial charge in [-0.2, -0.15) is 79.0 Å². The molecule has 0 aromatic carbocycles. The molecule has 0 spiro atoms. The van der Waals surface area contributed by atoms with E-state index in [9.17, 15) is 79.0 Å². The number of halogens is 18. The average molecular weight is 478 g/mol. The third-order valence-corrected chi connectivity index (χ3v) is 3.42. The van der Waals surface area contributed by atoms with Crippen LogP contribution in [0, 0.1) is 0 Å². The molecule has 0 radical (unpaired) electrons. The van der Waals surface area contributed by atoms with Gasteiger partial charge in [-0.15, -0.1) is 0 Å². The van der Waals surface area contributed by atoms with Crippen molar-refractivity contribution in [3.63, 3.8) is 0 Å². The molecule has 0 N–H and O–H groups in total. The van der Waals surface area contributed by atoms with Gasteiger partial charge in [0.2, 0.25) is 5.83 Å². The Kier molecular flexibility index (Phi) is 5.26. The first kappa shape index (κ1) is 25.5. The van der Waals surface area contributed by atoms with E-state index >= 15 is 0 Å². The molecular formula is C10F18O. The molecule has 0 aromatic rings. The summed E-state index contributed by atoms with van der Waals surface area (Å²) in [7, 11) is 0. The van der Waals surface area contributed by atoms with Crippen LogP contribution in [0.15, 0.2) is 11.9 Å². The molecule has 1 heterocycles. The Labute approximate surface area is 144 Å². The Morgan fingerprint density at radius 1 is 0.552 bits per heavy atom. The Bertz CT molecular complexity index is 701. The van der Waals surface area contributed by atoms with E-state index in [1.165, 1.54) is 0 Å². The molecule has 0 bridgehead atoms. The van der Waals surface area contributed by atoms with Gasteiger partial charge in [-0.1, -0.05) is 0 Å². The van der Waals surface area contributed by atoms with E-state index in [-0.39, 0.29) is 0 Å². The predicted molar refractivity (Wildman–Crippen MR) is 49.9 cm³/mol. The molecule has 1 saturated heterocycles. The van der Waals surface area contributed by atoms with Crippen LogP contribution in [-0.4, -0.2) is 47.5 Å². The van der Waals surface area contributed by atoms with Crippen LogP contribution < -0.4 is 0 Å². The highest BCUT2D eigenvalue weighted by Crippen LogP contribution is 2.69. The van der Waals surface area contributed by atoms with E-state index < -0.39 is 59.4 Å². The van der Waals surface area contributed by atoms with E-state index in [4.69, 9.17) is 0 Å². The van der Waals surface area contributed by atoms with E-state index in [1.807, 2.05) is 0 Å². The van der Waals surface area contributed by atoms with Crippen molar-refractivity contribution in [3.05, 3.63) is 11.9 Å². The molecule has 19 heteroatoms. The summed E-state index contributed by atoms with van der Waals surface area (Å²) in [5.74, 6) is -60.6. The average Bonchev–Trinajstić information content (AvgIpc) is 3.05. The maximum atomic E-state index is 13.2. The number of allylic oxidation sites excluding steroid dienone is 1. The highest BCUT2D eigenvalue weighted by molar-refractivity contribution is 5.22. The Hall–Kier alpha value is -1.56. The summed E-state index contributed by atoms with van der Waals surface area (Å²) < 4.78 is 232. The lowest BCUT2D eigenvalue weighted by Crippen LogP contribution is -2.72. The van der Waals surface area contributed by atoms with Gasteiger partial charge in [0.15, 0.2) is 0 Å². The topological polar surface area (TPSA) is 12.5 Å². The summed E-state index contributed by atoms with van der Waals surface area (Å²) in [6, 6.07) is 0. The second kappa shape index (κ2) is 5.99. The largest absolute Gasteiger partial charge is 0.424 e. The molecule has 1 aliphatic rings. The zero-order chi connectivity index (χ0) is 23.9. The van der Waals surface area contributed by atoms with Crippen LogP contribution in [-0.2, 0) is 4.74 Å². The third-order valence-electron chi connectivity index (χ3n) is 3.42. The van der Waals surface area contributed by atoms with Crippen molar-refractivity contribution in [3.8, 4) is 0 Å². The highest BCUT2D eigenvalue weighted by Gasteiger charge is 3.00. The lowest BCUT2D eigenvalue weighted by atomic mass is 9.89. The van der Waals surface area contributed by atoms with Crippen molar-refractivity contribution < 1.29 is 83.8 Å². The standard InChI is InChI=1S/C10F18O/c11-1(2(12)13)3(14,15)4(16,17)5(18,19)6(20,21)7(22,23)8(24,25)9(26)10(27,28)29-9. The van der Waals surface area contributed by atoms with Gasteiger partial charge in [0.1, 0.15) is 0 Å². The van der Waals surface area contributed by atoms with Crippen LogP contribution in [0.3, 0.4) is 0 Å². The smallest absolute Gasteiger partial charge is 0.265 e. The molecule has 1 fully saturated rings. The summed E-state index contributed by atoms with van der Waals surface area (Å²) in [5, 5.41) is 0. The van der Waals surface area contributed by atoms with Crippen molar-refractivity contribution in [2.24, 2.45) is 0 Å². The second-order valence-corrected chi connectivity index (χ2v) is 5.23. The van der Waals surface area contributed by atoms with Crippen LogP contribution in [0.5, 0.6) is 0 Å². The predicted octanol–water partition coefficient (Wildman–Crippen LogP) is 6.16. The monoisotopic (exact) mass is 478 g/mol. The molecular weight excluding hydrogens is 478 g/mol. The number of alkyl halides is 15. The summed E-state index contributed by atoms with van der Waals surface area (Å²) in [5.41, 5.74) is 0. The SMILES string of the molecule is FC(F)=C(F)C(F)(F)C(F)(F)C(F)(F)C(F)(F)C(F)(F)C(F)(F)C1(F)OC1(F)F. The van der Waals surface area contributed by atoms with Crippen LogP contribution in [0.25, 0.3) is 0 Å². The summed E-state index contributed by atoms with van der Waals surface area (Å²) in [4.78, 5) is 0. The molecule has 1 unspecified atom stereocenters. The first-order valence-electron chi connectivity index (χ1n) is 6.06. The molecule has 0 amide bonds. The molecule has 1 rings (SSSR count). The zero-order valence-corrected chi connectivity index (χ0v) is 12.2. The Morgan fingerprint density at radius 3 is 1.14 bits per heavy atom. The van der Waals surface area contributed by atoms with Crippen LogP contribution >= 0.6 is 0 Å². The number of ether oxygens (including phenoxy) is 1. The third kappa shape index (κ3) is 2.77. The van der Waals surface area contributed by atoms with Gasteiger partial charge in [-0.05, 0) is 0 Å². The van der Waals surface area contributed by atoms with Crippen LogP contribution in [0.4, 0.5) is 79.0 Å². The number of rotatable bonds is 7. The molecule has 172 valence electrons. The van der Waals surface area contributed by atoms with Gasteiger partial charge in [0.25, 0.3) is 0 Å². The fraction of sp³-hybridized carbons (Fsp3) is 0.800. The highest BCUT2D eigenvalue weighted by atomic mass is 19.4. The van der Waals surface area contributed by atoms with Crippen molar-refractivity contribution >= 4 is 0 Å². The fourth-order valence-corrected chi connectivity index (χ4v) is 1.65. The lowest BCUT2D eigenvalue weighted by Gasteiger charge is -2.40. The van der Waals surface area contributed by atoms with E-state index in [2.05, 4.69) is 4.74 Å². The lowest BCUT2D eigenvalue weighted by molar-refractivity contribution is -0.432. The second-order valence-electron chi connectivity index (χ2n) is 5.23. The minimum Gasteiger partial charge on any atom is -0.265 e. The number of epoxide rings is 1. The molecule has 0 saturated carbocycles. The van der Waals surface area contributed by atoms with Gasteiger partial charge in [0.05, 0.1) is 0 Å². The first-order valence-corrected chi connectivity index (χ1v) is 6.06. The van der Waals surface area contributed by atoms with E-state index in [1.54, 1.807) is 0 Å². The summed E-state index contributed by atoms with van der Waals surface area (Å²) in [6.45, 7) is 0. The maximum absolute atomic E-state index is 13.2. The zero-order valence-electron chi connectivity index (χ0n) is 12.2. The Balaban J connectivity index is 3.62. The van der Waals surface area contributed by atoms with Gasteiger partial charge in [-0.25, -0.2) is 0 Å². The van der Waals surface area contributed by atoms with E-state index in [0.29, 0.717) is 0 Å². The number of hydrogen-bond acceptors (Lipinski definition) is 1. The van der Waals surface area contributed by atoms with E-state index in [0.717, 1.165) is 0 Å². The molecule has 29 heavy (non-hydrogen) atoms. The van der Waals surface area contributed by atoms with Gasteiger partial charge >= 0.3 is 53.6 Å². The molecule has 0 aliphatic carbocycles. The van der Waals surface area contributed by atoms with Gasteiger partial charge in [-0.3, -0.25) is 4.74 Å². The van der Waals surface area contributed by atoms with Crippen molar-refractivity contribution in [1.82, 2.24) is 0 Å². The Morgan fingerprint density at radius 2 is 0.862 bits per heavy atom. The quantitative estimate of drug-likeness (QED) is 0.316. The van der Waals surface area contributed by atoms with Gasteiger partial charge in [0, 0.05) is 0 Å². The van der Waals surface area contributed by atoms with Crippen LogP contribution in [0.1, 0.15) is 0 Å². The van der Waals surface area contributed by atoms with Crippen molar-refractivity contribution in [1.29, 1.82) is 0 Å². The van der Waals surface area contributed by atoms with Gasteiger partial charge < -0.3 is 0 Å². The van der Waals surface area contributed by atoms with Crippen molar-refractivity contribution in [2.75, 3.05) is 0 Å². The molecule has 1 nitrogen and oxygen atoms in total. The minimum absolute atomic E-state index is 2.06. The minimum atomic E-state index is -8.58. The number of hydrogen-bond donors (Lipinski definition) is 0. The first-order chi connectivity index (χ1) is 12.3. The van der Waals surface area contributed by atoms with Crippen molar-refractivity contribution in [2.45, 2.75) is 47.5 Å². The summed E-state index contributed by atoms with van der Waals surface area (Å²) >= 11 is 0. The molecule has 1 atom stereocenters. The summed E-state index contributed by atoms with van der Waals surface area (Å²) in [6.07, 6.45) is -10.6.